The molecule has 0 radical (unpaired) electrons. The summed E-state index contributed by atoms with van der Waals surface area (Å²) in [5, 5.41) is 13.0. The van der Waals surface area contributed by atoms with Crippen molar-refractivity contribution in [3.8, 4) is 0 Å². The highest BCUT2D eigenvalue weighted by Gasteiger charge is 2.40. The third kappa shape index (κ3) is 7.87. The highest BCUT2D eigenvalue weighted by atomic mass is 19.4. The van der Waals surface area contributed by atoms with E-state index in [0.29, 0.717) is 4.90 Å². The molecule has 0 aromatic heterocycles. The van der Waals surface area contributed by atoms with Gasteiger partial charge in [0.15, 0.2) is 6.61 Å². The molecule has 12 heteroatoms. The molecule has 0 spiro atoms. The first-order valence-corrected chi connectivity index (χ1v) is 9.52. The van der Waals surface area contributed by atoms with E-state index in [1.807, 2.05) is 0 Å². The third-order valence-corrected chi connectivity index (χ3v) is 4.78. The van der Waals surface area contributed by atoms with Crippen LogP contribution in [0.3, 0.4) is 0 Å². The van der Waals surface area contributed by atoms with E-state index in [0.717, 1.165) is 25.0 Å². The van der Waals surface area contributed by atoms with Gasteiger partial charge in [-0.3, -0.25) is 24.5 Å². The molecule has 1 atom stereocenters. The van der Waals surface area contributed by atoms with Gasteiger partial charge in [-0.25, -0.2) is 0 Å². The Kier molecular flexibility index (Phi) is 7.95. The average Bonchev–Trinajstić information content (AvgIpc) is 3.54. The van der Waals surface area contributed by atoms with Gasteiger partial charge in [0.05, 0.1) is 11.3 Å². The number of alkyl halides is 3. The van der Waals surface area contributed by atoms with Gasteiger partial charge in [-0.2, -0.15) is 13.2 Å². The Bertz CT molecular complexity index is 824. The van der Waals surface area contributed by atoms with Crippen LogP contribution in [0.2, 0.25) is 0 Å². The molecule has 0 saturated heterocycles. The molecule has 1 N–H and O–H groups in total. The fourth-order valence-electron chi connectivity index (χ4n) is 2.90. The zero-order valence-electron chi connectivity index (χ0n) is 16.7. The molecule has 31 heavy (non-hydrogen) atoms. The van der Waals surface area contributed by atoms with Crippen LogP contribution in [0.25, 0.3) is 0 Å². The van der Waals surface area contributed by atoms with E-state index in [-0.39, 0.29) is 30.1 Å². The topological polar surface area (TPSA) is 119 Å². The number of rotatable bonds is 10. The Morgan fingerprint density at radius 1 is 1.26 bits per heavy atom. The minimum atomic E-state index is -4.56. The molecule has 1 saturated carbocycles. The summed E-state index contributed by atoms with van der Waals surface area (Å²) < 4.78 is 43.1. The fraction of sp³-hybridized carbons (Fsp3) is 0.526. The van der Waals surface area contributed by atoms with E-state index >= 15 is 0 Å². The fourth-order valence-corrected chi connectivity index (χ4v) is 2.90. The molecule has 0 aliphatic heterocycles. The number of halogens is 3. The maximum absolute atomic E-state index is 12.8. The molecule has 9 nitrogen and oxygen atoms in total. The second-order valence-corrected chi connectivity index (χ2v) is 7.19. The zero-order valence-corrected chi connectivity index (χ0v) is 16.7. The number of hydrogen-bond acceptors (Lipinski definition) is 6. The highest BCUT2D eigenvalue weighted by molar-refractivity contribution is 5.94. The Morgan fingerprint density at radius 2 is 1.87 bits per heavy atom. The van der Waals surface area contributed by atoms with Crippen LogP contribution in [0.1, 0.15) is 36.5 Å². The predicted molar refractivity (Wildman–Crippen MR) is 101 cm³/mol. The van der Waals surface area contributed by atoms with Crippen molar-refractivity contribution in [3.05, 3.63) is 39.9 Å². The minimum absolute atomic E-state index is 0.0108. The number of carbonyl (C=O) groups excluding carboxylic acids is 3. The van der Waals surface area contributed by atoms with Crippen LogP contribution in [0.5, 0.6) is 0 Å². The summed E-state index contributed by atoms with van der Waals surface area (Å²) in [5.74, 6) is -2.35. The summed E-state index contributed by atoms with van der Waals surface area (Å²) in [6.45, 7) is -0.834. The number of carbonyl (C=O) groups is 3. The lowest BCUT2D eigenvalue weighted by atomic mass is 10.2. The van der Waals surface area contributed by atoms with Gasteiger partial charge in [-0.05, 0) is 37.8 Å². The van der Waals surface area contributed by atoms with Crippen molar-refractivity contribution < 1.29 is 37.2 Å². The molecule has 1 unspecified atom stereocenters. The molecule has 2 amide bonds. The number of hydrogen-bond donors (Lipinski definition) is 1. The number of nitrogens with zero attached hydrogens (tertiary/aromatic N) is 2. The first-order valence-electron chi connectivity index (χ1n) is 9.52. The van der Waals surface area contributed by atoms with Crippen LogP contribution in [0.4, 0.5) is 18.9 Å². The Morgan fingerprint density at radius 3 is 2.39 bits per heavy atom. The number of non-ortho nitro benzene ring substituents is 1. The lowest BCUT2D eigenvalue weighted by Gasteiger charge is -2.30. The molecular formula is C19H22F3N3O6. The van der Waals surface area contributed by atoms with E-state index in [1.165, 1.54) is 19.1 Å². The summed E-state index contributed by atoms with van der Waals surface area (Å²) >= 11 is 0. The van der Waals surface area contributed by atoms with Crippen molar-refractivity contribution in [2.75, 3.05) is 19.7 Å². The lowest BCUT2D eigenvalue weighted by Crippen LogP contribution is -2.47. The molecule has 2 rings (SSSR count). The van der Waals surface area contributed by atoms with Gasteiger partial charge in [0, 0.05) is 30.3 Å². The molecule has 1 aromatic rings. The number of esters is 1. The molecule has 1 fully saturated rings. The highest BCUT2D eigenvalue weighted by Crippen LogP contribution is 2.36. The summed E-state index contributed by atoms with van der Waals surface area (Å²) in [6.07, 6.45) is -3.37. The molecule has 0 heterocycles. The number of ether oxygens (including phenoxy) is 1. The average molecular weight is 445 g/mol. The van der Waals surface area contributed by atoms with Crippen LogP contribution in [-0.2, 0) is 14.3 Å². The monoisotopic (exact) mass is 445 g/mol. The Labute approximate surface area is 175 Å². The van der Waals surface area contributed by atoms with Gasteiger partial charge in [0.1, 0.15) is 6.54 Å². The standard InChI is InChI=1S/C19H22F3N3O6/c1-12(13-2-3-13)24(11-19(20,21)22)16(26)10-31-17(27)8-9-23-18(28)14-4-6-15(7-5-14)25(29)30/h4-7,12-13H,2-3,8-11H2,1H3,(H,23,28). The molecule has 0 bridgehead atoms. The van der Waals surface area contributed by atoms with Gasteiger partial charge >= 0.3 is 12.1 Å². The lowest BCUT2D eigenvalue weighted by molar-refractivity contribution is -0.384. The van der Waals surface area contributed by atoms with Gasteiger partial charge in [0.2, 0.25) is 0 Å². The summed E-state index contributed by atoms with van der Waals surface area (Å²) in [5.41, 5.74) is -0.0358. The quantitative estimate of drug-likeness (QED) is 0.336. The van der Waals surface area contributed by atoms with Crippen molar-refractivity contribution >= 4 is 23.5 Å². The van der Waals surface area contributed by atoms with Gasteiger partial charge in [-0.15, -0.1) is 0 Å². The molecule has 1 aromatic carbocycles. The largest absolute Gasteiger partial charge is 0.456 e. The number of nitro benzene ring substituents is 1. The number of nitrogens with one attached hydrogen (secondary N) is 1. The van der Waals surface area contributed by atoms with Crippen molar-refractivity contribution in [2.45, 2.75) is 38.4 Å². The SMILES string of the molecule is CC(C1CC1)N(CC(F)(F)F)C(=O)COC(=O)CCNC(=O)c1ccc([N+](=O)[O-])cc1. The Balaban J connectivity index is 1.76. The molecule has 1 aliphatic rings. The zero-order chi connectivity index (χ0) is 23.2. The maximum Gasteiger partial charge on any atom is 0.406 e. The number of amides is 2. The third-order valence-electron chi connectivity index (χ3n) is 4.78. The minimum Gasteiger partial charge on any atom is -0.456 e. The summed E-state index contributed by atoms with van der Waals surface area (Å²) in [4.78, 5) is 46.5. The normalized spacial score (nSPS) is 14.5. The Hall–Kier alpha value is -3.18. The van der Waals surface area contributed by atoms with Crippen molar-refractivity contribution in [3.63, 3.8) is 0 Å². The van der Waals surface area contributed by atoms with Crippen molar-refractivity contribution in [1.82, 2.24) is 10.2 Å². The van der Waals surface area contributed by atoms with Gasteiger partial charge in [-0.1, -0.05) is 0 Å². The summed E-state index contributed by atoms with van der Waals surface area (Å²) in [7, 11) is 0. The molecular weight excluding hydrogens is 423 g/mol. The predicted octanol–water partition coefficient (Wildman–Crippen LogP) is 2.45. The van der Waals surface area contributed by atoms with E-state index in [9.17, 15) is 37.7 Å². The van der Waals surface area contributed by atoms with Crippen LogP contribution in [0, 0.1) is 16.0 Å². The first-order chi connectivity index (χ1) is 14.5. The van der Waals surface area contributed by atoms with E-state index in [1.54, 1.807) is 0 Å². The second kappa shape index (κ2) is 10.2. The maximum atomic E-state index is 12.8. The van der Waals surface area contributed by atoms with Crippen molar-refractivity contribution in [2.24, 2.45) is 5.92 Å². The van der Waals surface area contributed by atoms with Crippen LogP contribution in [-0.4, -0.2) is 59.5 Å². The summed E-state index contributed by atoms with van der Waals surface area (Å²) in [6, 6.07) is 4.21. The number of nitro groups is 1. The number of benzene rings is 1. The molecule has 1 aliphatic carbocycles. The van der Waals surface area contributed by atoms with Gasteiger partial charge < -0.3 is 15.0 Å². The van der Waals surface area contributed by atoms with Gasteiger partial charge in [0.25, 0.3) is 17.5 Å². The molecule has 170 valence electrons. The first kappa shape index (κ1) is 24.1. The second-order valence-electron chi connectivity index (χ2n) is 7.19. The van der Waals surface area contributed by atoms with Crippen LogP contribution < -0.4 is 5.32 Å². The van der Waals surface area contributed by atoms with Crippen molar-refractivity contribution in [1.29, 1.82) is 0 Å². The van der Waals surface area contributed by atoms with Crippen LogP contribution >= 0.6 is 0 Å². The van der Waals surface area contributed by atoms with E-state index in [4.69, 9.17) is 4.74 Å². The van der Waals surface area contributed by atoms with E-state index in [2.05, 4.69) is 5.32 Å². The van der Waals surface area contributed by atoms with E-state index < -0.39 is 48.1 Å². The smallest absolute Gasteiger partial charge is 0.406 e. The van der Waals surface area contributed by atoms with Crippen LogP contribution in [0.15, 0.2) is 24.3 Å².